The van der Waals surface area contributed by atoms with Crippen LogP contribution in [0.25, 0.3) is 0 Å². The molecule has 0 amide bonds. The first-order valence-electron chi connectivity index (χ1n) is 5.34. The van der Waals surface area contributed by atoms with E-state index in [0.717, 1.165) is 19.6 Å². The van der Waals surface area contributed by atoms with Gasteiger partial charge in [0.2, 0.25) is 0 Å². The Balaban J connectivity index is 0.00000112. The van der Waals surface area contributed by atoms with Crippen LogP contribution in [0.15, 0.2) is 30.3 Å². The SMILES string of the molecule is CC1CN(Cc2ccccc2)CCN1.Cl. The monoisotopic (exact) mass is 226 g/mol. The third kappa shape index (κ3) is 3.82. The Hall–Kier alpha value is -0.570. The molecular weight excluding hydrogens is 208 g/mol. The van der Waals surface area contributed by atoms with Gasteiger partial charge >= 0.3 is 0 Å². The molecule has 1 heterocycles. The Morgan fingerprint density at radius 2 is 2.07 bits per heavy atom. The van der Waals surface area contributed by atoms with Gasteiger partial charge in [0.1, 0.15) is 0 Å². The lowest BCUT2D eigenvalue weighted by molar-refractivity contribution is 0.199. The van der Waals surface area contributed by atoms with Crippen LogP contribution in [0.1, 0.15) is 12.5 Å². The number of nitrogens with zero attached hydrogens (tertiary/aromatic N) is 1. The molecule has 2 nitrogen and oxygen atoms in total. The van der Waals surface area contributed by atoms with Crippen LogP contribution in [0.5, 0.6) is 0 Å². The molecule has 15 heavy (non-hydrogen) atoms. The average Bonchev–Trinajstić information content (AvgIpc) is 2.19. The predicted molar refractivity (Wildman–Crippen MR) is 66.4 cm³/mol. The number of hydrogen-bond acceptors (Lipinski definition) is 2. The molecule has 0 radical (unpaired) electrons. The number of halogens is 1. The van der Waals surface area contributed by atoms with Crippen LogP contribution in [-0.4, -0.2) is 30.6 Å². The topological polar surface area (TPSA) is 15.3 Å². The van der Waals surface area contributed by atoms with Crippen LogP contribution in [0.2, 0.25) is 0 Å². The highest BCUT2D eigenvalue weighted by Gasteiger charge is 2.14. The van der Waals surface area contributed by atoms with Crippen molar-refractivity contribution < 1.29 is 0 Å². The third-order valence-electron chi connectivity index (χ3n) is 2.70. The minimum atomic E-state index is 0. The molecule has 1 aromatic rings. The number of piperazine rings is 1. The van der Waals surface area contributed by atoms with E-state index < -0.39 is 0 Å². The maximum atomic E-state index is 3.46. The zero-order chi connectivity index (χ0) is 9.80. The molecule has 0 saturated carbocycles. The van der Waals surface area contributed by atoms with Gasteiger partial charge in [0.15, 0.2) is 0 Å². The van der Waals surface area contributed by atoms with E-state index in [0.29, 0.717) is 6.04 Å². The zero-order valence-corrected chi connectivity index (χ0v) is 9.96. The lowest BCUT2D eigenvalue weighted by Gasteiger charge is -2.31. The van der Waals surface area contributed by atoms with E-state index in [2.05, 4.69) is 47.5 Å². The number of benzene rings is 1. The van der Waals surface area contributed by atoms with E-state index in [1.54, 1.807) is 0 Å². The average molecular weight is 227 g/mol. The highest BCUT2D eigenvalue weighted by Crippen LogP contribution is 2.06. The van der Waals surface area contributed by atoms with Gasteiger partial charge in [-0.3, -0.25) is 4.90 Å². The summed E-state index contributed by atoms with van der Waals surface area (Å²) >= 11 is 0. The summed E-state index contributed by atoms with van der Waals surface area (Å²) in [4.78, 5) is 2.51. The van der Waals surface area contributed by atoms with Gasteiger partial charge in [-0.25, -0.2) is 0 Å². The van der Waals surface area contributed by atoms with E-state index in [4.69, 9.17) is 0 Å². The lowest BCUT2D eigenvalue weighted by Crippen LogP contribution is -2.48. The first kappa shape index (κ1) is 12.5. The van der Waals surface area contributed by atoms with Crippen molar-refractivity contribution in [3.63, 3.8) is 0 Å². The van der Waals surface area contributed by atoms with Crippen molar-refractivity contribution in [2.45, 2.75) is 19.5 Å². The van der Waals surface area contributed by atoms with Crippen molar-refractivity contribution in [3.8, 4) is 0 Å². The molecule has 1 aliphatic rings. The number of nitrogens with one attached hydrogen (secondary N) is 1. The van der Waals surface area contributed by atoms with Gasteiger partial charge in [0.05, 0.1) is 0 Å². The molecular formula is C12H19ClN2. The van der Waals surface area contributed by atoms with Crippen LogP contribution in [0.3, 0.4) is 0 Å². The second-order valence-electron chi connectivity index (χ2n) is 4.08. The van der Waals surface area contributed by atoms with E-state index in [1.165, 1.54) is 12.1 Å². The largest absolute Gasteiger partial charge is 0.312 e. The van der Waals surface area contributed by atoms with Gasteiger partial charge in [-0.15, -0.1) is 12.4 Å². The lowest BCUT2D eigenvalue weighted by atomic mass is 10.2. The van der Waals surface area contributed by atoms with Gasteiger partial charge in [-0.05, 0) is 12.5 Å². The highest BCUT2D eigenvalue weighted by atomic mass is 35.5. The minimum absolute atomic E-state index is 0. The molecule has 1 fully saturated rings. The summed E-state index contributed by atoms with van der Waals surface area (Å²) < 4.78 is 0. The highest BCUT2D eigenvalue weighted by molar-refractivity contribution is 5.85. The smallest absolute Gasteiger partial charge is 0.0234 e. The summed E-state index contributed by atoms with van der Waals surface area (Å²) in [6, 6.07) is 11.3. The Morgan fingerprint density at radius 1 is 1.33 bits per heavy atom. The molecule has 84 valence electrons. The molecule has 1 aromatic carbocycles. The molecule has 0 aliphatic carbocycles. The van der Waals surface area contributed by atoms with E-state index in [9.17, 15) is 0 Å². The van der Waals surface area contributed by atoms with Crippen LogP contribution in [0, 0.1) is 0 Å². The van der Waals surface area contributed by atoms with Crippen molar-refractivity contribution in [1.82, 2.24) is 10.2 Å². The van der Waals surface area contributed by atoms with Gasteiger partial charge in [0, 0.05) is 32.2 Å². The Kier molecular flexibility index (Phi) is 5.09. The molecule has 1 atom stereocenters. The van der Waals surface area contributed by atoms with Crippen molar-refractivity contribution >= 4 is 12.4 Å². The minimum Gasteiger partial charge on any atom is -0.312 e. The molecule has 1 saturated heterocycles. The second kappa shape index (κ2) is 6.11. The first-order valence-corrected chi connectivity index (χ1v) is 5.34. The quantitative estimate of drug-likeness (QED) is 0.829. The standard InChI is InChI=1S/C12H18N2.ClH/c1-11-9-14(8-7-13-11)10-12-5-3-2-4-6-12;/h2-6,11,13H,7-10H2,1H3;1H. The van der Waals surface area contributed by atoms with Crippen molar-refractivity contribution in [3.05, 3.63) is 35.9 Å². The molecule has 2 rings (SSSR count). The van der Waals surface area contributed by atoms with Crippen molar-refractivity contribution in [2.24, 2.45) is 0 Å². The van der Waals surface area contributed by atoms with E-state index in [1.807, 2.05) is 0 Å². The van der Waals surface area contributed by atoms with Crippen LogP contribution < -0.4 is 5.32 Å². The molecule has 0 aromatic heterocycles. The second-order valence-corrected chi connectivity index (χ2v) is 4.08. The van der Waals surface area contributed by atoms with E-state index in [-0.39, 0.29) is 12.4 Å². The van der Waals surface area contributed by atoms with Crippen LogP contribution in [-0.2, 0) is 6.54 Å². The number of rotatable bonds is 2. The predicted octanol–water partition coefficient (Wildman–Crippen LogP) is 1.90. The Labute approximate surface area is 98.1 Å². The summed E-state index contributed by atoms with van der Waals surface area (Å²) in [6.45, 7) is 6.78. The third-order valence-corrected chi connectivity index (χ3v) is 2.70. The summed E-state index contributed by atoms with van der Waals surface area (Å²) in [6.07, 6.45) is 0. The molecule has 0 spiro atoms. The summed E-state index contributed by atoms with van der Waals surface area (Å²) in [5.41, 5.74) is 1.42. The Bertz CT molecular complexity index is 276. The summed E-state index contributed by atoms with van der Waals surface area (Å²) in [5, 5.41) is 3.46. The summed E-state index contributed by atoms with van der Waals surface area (Å²) in [7, 11) is 0. The van der Waals surface area contributed by atoms with Gasteiger partial charge < -0.3 is 5.32 Å². The van der Waals surface area contributed by atoms with Crippen LogP contribution >= 0.6 is 12.4 Å². The summed E-state index contributed by atoms with van der Waals surface area (Å²) in [5.74, 6) is 0. The molecule has 0 bridgehead atoms. The normalized spacial score (nSPS) is 22.1. The first-order chi connectivity index (χ1) is 6.84. The fourth-order valence-corrected chi connectivity index (χ4v) is 2.00. The van der Waals surface area contributed by atoms with Gasteiger partial charge in [-0.2, -0.15) is 0 Å². The van der Waals surface area contributed by atoms with Crippen molar-refractivity contribution in [1.29, 1.82) is 0 Å². The molecule has 1 aliphatic heterocycles. The zero-order valence-electron chi connectivity index (χ0n) is 9.15. The van der Waals surface area contributed by atoms with Crippen LogP contribution in [0.4, 0.5) is 0 Å². The maximum Gasteiger partial charge on any atom is 0.0234 e. The van der Waals surface area contributed by atoms with Crippen molar-refractivity contribution in [2.75, 3.05) is 19.6 Å². The van der Waals surface area contributed by atoms with Gasteiger partial charge in [0.25, 0.3) is 0 Å². The molecule has 1 unspecified atom stereocenters. The maximum absolute atomic E-state index is 3.46. The molecule has 3 heteroatoms. The van der Waals surface area contributed by atoms with Gasteiger partial charge in [-0.1, -0.05) is 30.3 Å². The fourth-order valence-electron chi connectivity index (χ4n) is 2.00. The molecule has 1 N–H and O–H groups in total. The number of hydrogen-bond donors (Lipinski definition) is 1. The fraction of sp³-hybridized carbons (Fsp3) is 0.500. The Morgan fingerprint density at radius 3 is 2.73 bits per heavy atom. The van der Waals surface area contributed by atoms with E-state index >= 15 is 0 Å².